The summed E-state index contributed by atoms with van der Waals surface area (Å²) < 4.78 is 69.9. The van der Waals surface area contributed by atoms with Gasteiger partial charge in [0.1, 0.15) is 17.3 Å². The number of alkyl halides is 3. The molecule has 2 heterocycles. The predicted molar refractivity (Wildman–Crippen MR) is 161 cm³/mol. The lowest BCUT2D eigenvalue weighted by molar-refractivity contribution is -0.274. The van der Waals surface area contributed by atoms with Gasteiger partial charge in [-0.25, -0.2) is 18.1 Å². The summed E-state index contributed by atoms with van der Waals surface area (Å²) in [6.07, 6.45) is -0.648. The number of halogens is 3. The summed E-state index contributed by atoms with van der Waals surface area (Å²) in [5.41, 5.74) is 2.95. The van der Waals surface area contributed by atoms with Crippen LogP contribution in [0.5, 0.6) is 5.75 Å². The van der Waals surface area contributed by atoms with Gasteiger partial charge in [-0.2, -0.15) is 0 Å². The third-order valence-electron chi connectivity index (χ3n) is 6.60. The summed E-state index contributed by atoms with van der Waals surface area (Å²) in [6, 6.07) is 17.1. The molecule has 3 aromatic carbocycles. The van der Waals surface area contributed by atoms with Crippen molar-refractivity contribution in [2.75, 3.05) is 6.26 Å². The molecule has 2 aromatic heterocycles. The van der Waals surface area contributed by atoms with Gasteiger partial charge in [0.15, 0.2) is 9.84 Å². The maximum Gasteiger partial charge on any atom is 0.573 e. The highest BCUT2D eigenvalue weighted by Gasteiger charge is 2.31. The first-order chi connectivity index (χ1) is 21.0. The fraction of sp³-hybridized carbons (Fsp3) is 0.226. The van der Waals surface area contributed by atoms with Crippen molar-refractivity contribution in [2.45, 2.75) is 44.5 Å². The number of carbonyl (C=O) groups is 1. The van der Waals surface area contributed by atoms with Crippen LogP contribution in [0, 0.1) is 6.92 Å². The number of benzene rings is 3. The highest BCUT2D eigenvalue weighted by Crippen LogP contribution is 2.33. The molecule has 0 aliphatic heterocycles. The molecule has 0 aliphatic rings. The predicted octanol–water partition coefficient (Wildman–Crippen LogP) is 5.93. The zero-order valence-electron chi connectivity index (χ0n) is 24.9. The number of amides is 1. The molecule has 0 atom stereocenters. The Morgan fingerprint density at radius 2 is 1.58 bits per heavy atom. The molecule has 14 heteroatoms. The zero-order valence-corrected chi connectivity index (χ0v) is 25.7. The van der Waals surface area contributed by atoms with Gasteiger partial charge in [-0.15, -0.1) is 18.3 Å². The van der Waals surface area contributed by atoms with Gasteiger partial charge in [0.05, 0.1) is 28.2 Å². The normalized spacial score (nSPS) is 12.3. The third-order valence-corrected chi connectivity index (χ3v) is 7.71. The lowest BCUT2D eigenvalue weighted by Crippen LogP contribution is -2.40. The molecule has 0 fully saturated rings. The van der Waals surface area contributed by atoms with Gasteiger partial charge in [0.25, 0.3) is 5.91 Å². The van der Waals surface area contributed by atoms with Gasteiger partial charge in [0.2, 0.25) is 0 Å². The molecular weight excluding hydrogens is 609 g/mol. The van der Waals surface area contributed by atoms with E-state index in [1.165, 1.54) is 41.2 Å². The third kappa shape index (κ3) is 7.23. The van der Waals surface area contributed by atoms with Crippen LogP contribution < -0.4 is 10.1 Å². The topological polar surface area (TPSA) is 121 Å². The second kappa shape index (κ2) is 11.5. The lowest BCUT2D eigenvalue weighted by atomic mass is 10.0. The van der Waals surface area contributed by atoms with Gasteiger partial charge in [-0.05, 0) is 87.4 Å². The van der Waals surface area contributed by atoms with E-state index in [1.54, 1.807) is 54.1 Å². The summed E-state index contributed by atoms with van der Waals surface area (Å²) in [6.45, 7) is 7.32. The highest BCUT2D eigenvalue weighted by atomic mass is 32.2. The first-order valence-electron chi connectivity index (χ1n) is 13.6. The average molecular weight is 639 g/mol. The van der Waals surface area contributed by atoms with E-state index in [0.29, 0.717) is 39.6 Å². The molecule has 0 bridgehead atoms. The molecule has 0 unspecified atom stereocenters. The monoisotopic (exact) mass is 638 g/mol. The van der Waals surface area contributed by atoms with Gasteiger partial charge < -0.3 is 14.6 Å². The number of nitrogens with zero attached hydrogens (tertiary/aromatic N) is 5. The van der Waals surface area contributed by atoms with Crippen LogP contribution in [0.2, 0.25) is 0 Å². The fourth-order valence-corrected chi connectivity index (χ4v) is 5.32. The molecule has 1 N–H and O–H groups in total. The second-order valence-corrected chi connectivity index (χ2v) is 13.4. The van der Waals surface area contributed by atoms with E-state index in [2.05, 4.69) is 25.3 Å². The Morgan fingerprint density at radius 3 is 2.22 bits per heavy atom. The number of aromatic nitrogens is 5. The van der Waals surface area contributed by atoms with E-state index in [-0.39, 0.29) is 22.2 Å². The number of hydrogen-bond acceptors (Lipinski definition) is 7. The minimum absolute atomic E-state index is 0.146. The van der Waals surface area contributed by atoms with E-state index >= 15 is 0 Å². The number of ether oxygens (including phenoxy) is 1. The molecule has 0 aliphatic carbocycles. The molecule has 0 spiro atoms. The zero-order chi connectivity index (χ0) is 32.7. The Bertz CT molecular complexity index is 1990. The molecule has 10 nitrogen and oxygen atoms in total. The van der Waals surface area contributed by atoms with E-state index < -0.39 is 21.7 Å². The molecular formula is C31H29F3N6O4S. The van der Waals surface area contributed by atoms with Gasteiger partial charge in [-0.1, -0.05) is 23.4 Å². The van der Waals surface area contributed by atoms with Crippen molar-refractivity contribution >= 4 is 15.7 Å². The van der Waals surface area contributed by atoms with E-state index in [4.69, 9.17) is 0 Å². The largest absolute Gasteiger partial charge is 0.573 e. The average Bonchev–Trinajstić information content (AvgIpc) is 3.58. The first-order valence-corrected chi connectivity index (χ1v) is 15.5. The SMILES string of the molecule is Cc1nc(C(=O)NC(C)(C)C)cn1-c1ccc(-c2cccc(S(C)(=O)=O)c2)cc1-n1nncc1-c1ccc(OC(F)(F)F)cc1. The lowest BCUT2D eigenvalue weighted by Gasteiger charge is -2.19. The second-order valence-electron chi connectivity index (χ2n) is 11.4. The minimum Gasteiger partial charge on any atom is -0.406 e. The van der Waals surface area contributed by atoms with Crippen molar-refractivity contribution in [3.63, 3.8) is 0 Å². The highest BCUT2D eigenvalue weighted by molar-refractivity contribution is 7.90. The maximum atomic E-state index is 12.9. The molecule has 0 radical (unpaired) electrons. The van der Waals surface area contributed by atoms with Crippen LogP contribution in [0.3, 0.4) is 0 Å². The summed E-state index contributed by atoms with van der Waals surface area (Å²) in [5.74, 6) is -0.242. The van der Waals surface area contributed by atoms with Gasteiger partial charge >= 0.3 is 6.36 Å². The molecule has 0 saturated heterocycles. The number of imidazole rings is 1. The number of sulfone groups is 1. The van der Waals surface area contributed by atoms with Crippen LogP contribution in [0.4, 0.5) is 13.2 Å². The van der Waals surface area contributed by atoms with Crippen molar-refractivity contribution < 1.29 is 31.1 Å². The van der Waals surface area contributed by atoms with Crippen molar-refractivity contribution in [1.82, 2.24) is 29.9 Å². The quantitative estimate of drug-likeness (QED) is 0.235. The van der Waals surface area contributed by atoms with Crippen LogP contribution >= 0.6 is 0 Å². The molecule has 1 amide bonds. The number of hydrogen-bond donors (Lipinski definition) is 1. The van der Waals surface area contributed by atoms with Crippen molar-refractivity contribution in [2.24, 2.45) is 0 Å². The standard InChI is InChI=1S/C31H29F3N6O4S/c1-19-36-25(29(41)37-30(2,3)4)18-39(19)26-14-11-22(21-7-6-8-24(15-21)45(5,42)43)16-27(26)40-28(17-35-38-40)20-9-12-23(13-10-20)44-31(32,33)34/h6-18H,1-5H3,(H,37,41). The summed E-state index contributed by atoms with van der Waals surface area (Å²) in [7, 11) is -3.48. The summed E-state index contributed by atoms with van der Waals surface area (Å²) in [5, 5.41) is 11.3. The van der Waals surface area contributed by atoms with E-state index in [0.717, 1.165) is 6.26 Å². The Morgan fingerprint density at radius 1 is 0.911 bits per heavy atom. The minimum atomic E-state index is -4.83. The van der Waals surface area contributed by atoms with Gasteiger partial charge in [-0.3, -0.25) is 4.79 Å². The van der Waals surface area contributed by atoms with Crippen molar-refractivity contribution in [1.29, 1.82) is 0 Å². The van der Waals surface area contributed by atoms with Gasteiger partial charge in [0, 0.05) is 23.6 Å². The Hall–Kier alpha value is -4.98. The summed E-state index contributed by atoms with van der Waals surface area (Å²) >= 11 is 0. The van der Waals surface area contributed by atoms with E-state index in [1.807, 2.05) is 20.8 Å². The number of carbonyl (C=O) groups excluding carboxylic acids is 1. The number of rotatable bonds is 7. The number of nitrogens with one attached hydrogen (secondary N) is 1. The molecule has 0 saturated carbocycles. The first kappa shape index (κ1) is 31.4. The summed E-state index contributed by atoms with van der Waals surface area (Å²) in [4.78, 5) is 17.5. The molecule has 5 aromatic rings. The van der Waals surface area contributed by atoms with Crippen molar-refractivity contribution in [3.05, 3.63) is 90.6 Å². The fourth-order valence-electron chi connectivity index (χ4n) is 4.65. The molecule has 45 heavy (non-hydrogen) atoms. The Labute approximate surface area is 257 Å². The molecule has 234 valence electrons. The van der Waals surface area contributed by atoms with E-state index in [9.17, 15) is 26.4 Å². The van der Waals surface area contributed by atoms with Crippen LogP contribution in [0.15, 0.2) is 84.0 Å². The Balaban J connectivity index is 1.66. The smallest absolute Gasteiger partial charge is 0.406 e. The number of aryl methyl sites for hydroxylation is 1. The molecule has 5 rings (SSSR count). The van der Waals surface area contributed by atoms with Crippen molar-refractivity contribution in [3.8, 4) is 39.5 Å². The van der Waals surface area contributed by atoms with Crippen LogP contribution in [-0.4, -0.2) is 57.0 Å². The van der Waals surface area contributed by atoms with Crippen LogP contribution in [-0.2, 0) is 9.84 Å². The van der Waals surface area contributed by atoms with Crippen LogP contribution in [0.25, 0.3) is 33.8 Å². The van der Waals surface area contributed by atoms with Crippen LogP contribution in [0.1, 0.15) is 37.1 Å². The Kier molecular flexibility index (Phi) is 8.04. The maximum absolute atomic E-state index is 12.9.